The van der Waals surface area contributed by atoms with E-state index in [1.165, 1.54) is 0 Å². The number of carbonyl (C=O) groups is 2. The molecule has 28 heavy (non-hydrogen) atoms. The van der Waals surface area contributed by atoms with Gasteiger partial charge in [0, 0.05) is 6.07 Å². The molecule has 0 saturated carbocycles. The van der Waals surface area contributed by atoms with Crippen molar-refractivity contribution in [3.8, 4) is 0 Å². The van der Waals surface area contributed by atoms with Gasteiger partial charge >= 0.3 is 11.9 Å². The van der Waals surface area contributed by atoms with Crippen LogP contribution < -0.4 is 5.73 Å². The molecule has 2 heterocycles. The first-order valence-electron chi connectivity index (χ1n) is 8.16. The van der Waals surface area contributed by atoms with E-state index in [0.29, 0.717) is 6.07 Å². The fourth-order valence-corrected chi connectivity index (χ4v) is 2.58. The highest BCUT2D eigenvalue weighted by atomic mass is 19.1. The number of rotatable bonds is 5. The Kier molecular flexibility index (Phi) is 5.21. The molecule has 0 spiro atoms. The number of halogens is 2. The lowest BCUT2D eigenvalue weighted by molar-refractivity contribution is 0.0460. The number of furan rings is 1. The summed E-state index contributed by atoms with van der Waals surface area (Å²) in [5.74, 6) is -3.24. The summed E-state index contributed by atoms with van der Waals surface area (Å²) in [4.78, 5) is 32.1. The van der Waals surface area contributed by atoms with E-state index in [0.717, 1.165) is 12.1 Å². The van der Waals surface area contributed by atoms with Crippen LogP contribution in [0.3, 0.4) is 0 Å². The predicted octanol–water partition coefficient (Wildman–Crippen LogP) is 2.93. The SMILES string of the molecule is CCOC(=O)c1c(C)oc2nc(COC(=O)c3cc(F)cc(F)c3)nc(N)c12. The van der Waals surface area contributed by atoms with Crippen LogP contribution in [0.5, 0.6) is 0 Å². The van der Waals surface area contributed by atoms with Crippen molar-refractivity contribution in [1.82, 2.24) is 9.97 Å². The van der Waals surface area contributed by atoms with Gasteiger partial charge in [0.15, 0.2) is 12.4 Å². The van der Waals surface area contributed by atoms with Gasteiger partial charge in [-0.3, -0.25) is 0 Å². The van der Waals surface area contributed by atoms with E-state index in [4.69, 9.17) is 19.6 Å². The summed E-state index contributed by atoms with van der Waals surface area (Å²) in [5.41, 5.74) is 5.75. The molecule has 1 aromatic carbocycles. The van der Waals surface area contributed by atoms with Gasteiger partial charge in [-0.2, -0.15) is 4.98 Å². The second-order valence-corrected chi connectivity index (χ2v) is 5.69. The minimum Gasteiger partial charge on any atom is -0.462 e. The molecule has 10 heteroatoms. The molecule has 0 aliphatic heterocycles. The van der Waals surface area contributed by atoms with Crippen molar-refractivity contribution in [3.63, 3.8) is 0 Å². The Morgan fingerprint density at radius 1 is 1.11 bits per heavy atom. The van der Waals surface area contributed by atoms with Crippen LogP contribution in [0.1, 0.15) is 39.2 Å². The Morgan fingerprint density at radius 2 is 1.79 bits per heavy atom. The van der Waals surface area contributed by atoms with Gasteiger partial charge in [0.05, 0.1) is 17.6 Å². The van der Waals surface area contributed by atoms with E-state index in [2.05, 4.69) is 9.97 Å². The van der Waals surface area contributed by atoms with Gasteiger partial charge in [0.1, 0.15) is 28.8 Å². The van der Waals surface area contributed by atoms with Crippen LogP contribution in [0.4, 0.5) is 14.6 Å². The molecule has 0 fully saturated rings. The maximum absolute atomic E-state index is 13.2. The average molecular weight is 391 g/mol. The summed E-state index contributed by atoms with van der Waals surface area (Å²) in [7, 11) is 0. The molecule has 146 valence electrons. The third-order valence-corrected chi connectivity index (χ3v) is 3.71. The predicted molar refractivity (Wildman–Crippen MR) is 92.4 cm³/mol. The van der Waals surface area contributed by atoms with Gasteiger partial charge in [-0.05, 0) is 26.0 Å². The number of hydrogen-bond acceptors (Lipinski definition) is 8. The fourth-order valence-electron chi connectivity index (χ4n) is 2.58. The number of nitrogen functional groups attached to an aromatic ring is 1. The van der Waals surface area contributed by atoms with Crippen molar-refractivity contribution >= 4 is 28.9 Å². The molecule has 0 unspecified atom stereocenters. The number of nitrogens with two attached hydrogens (primary N) is 1. The molecule has 0 saturated heterocycles. The van der Waals surface area contributed by atoms with Gasteiger partial charge in [-0.25, -0.2) is 23.4 Å². The molecule has 0 radical (unpaired) electrons. The second kappa shape index (κ2) is 7.59. The quantitative estimate of drug-likeness (QED) is 0.660. The lowest BCUT2D eigenvalue weighted by Crippen LogP contribution is -2.10. The normalized spacial score (nSPS) is 10.9. The highest BCUT2D eigenvalue weighted by Gasteiger charge is 2.24. The van der Waals surface area contributed by atoms with Crippen LogP contribution in [-0.4, -0.2) is 28.5 Å². The van der Waals surface area contributed by atoms with Crippen molar-refractivity contribution in [1.29, 1.82) is 0 Å². The molecule has 0 atom stereocenters. The Labute approximate surface area is 157 Å². The summed E-state index contributed by atoms with van der Waals surface area (Å²) in [6, 6.07) is 2.31. The molecule has 0 amide bonds. The summed E-state index contributed by atoms with van der Waals surface area (Å²) >= 11 is 0. The third-order valence-electron chi connectivity index (χ3n) is 3.71. The fraction of sp³-hybridized carbons (Fsp3) is 0.222. The van der Waals surface area contributed by atoms with Gasteiger partial charge in [-0.15, -0.1) is 0 Å². The monoisotopic (exact) mass is 391 g/mol. The first-order chi connectivity index (χ1) is 13.3. The van der Waals surface area contributed by atoms with Gasteiger partial charge in [0.2, 0.25) is 5.71 Å². The topological polar surface area (TPSA) is 118 Å². The summed E-state index contributed by atoms with van der Waals surface area (Å²) in [5, 5.41) is 0.193. The van der Waals surface area contributed by atoms with Crippen LogP contribution in [0.15, 0.2) is 22.6 Å². The first-order valence-corrected chi connectivity index (χ1v) is 8.16. The zero-order valence-electron chi connectivity index (χ0n) is 14.9. The number of hydrogen-bond donors (Lipinski definition) is 1. The lowest BCUT2D eigenvalue weighted by atomic mass is 10.2. The number of carbonyl (C=O) groups excluding carboxylic acids is 2. The van der Waals surface area contributed by atoms with Crippen molar-refractivity contribution in [2.45, 2.75) is 20.5 Å². The van der Waals surface area contributed by atoms with Crippen molar-refractivity contribution in [2.75, 3.05) is 12.3 Å². The number of aromatic nitrogens is 2. The Hall–Kier alpha value is -3.56. The molecule has 0 aliphatic carbocycles. The number of esters is 2. The Bertz CT molecular complexity index is 1060. The number of aryl methyl sites for hydroxylation is 1. The maximum Gasteiger partial charge on any atom is 0.342 e. The number of fused-ring (bicyclic) bond motifs is 1. The summed E-state index contributed by atoms with van der Waals surface area (Å²) < 4.78 is 41.8. The molecular formula is C18H15F2N3O5. The van der Waals surface area contributed by atoms with Crippen molar-refractivity contribution in [2.24, 2.45) is 0 Å². The molecule has 3 aromatic rings. The van der Waals surface area contributed by atoms with Gasteiger partial charge in [0.25, 0.3) is 0 Å². The number of ether oxygens (including phenoxy) is 2. The second-order valence-electron chi connectivity index (χ2n) is 5.69. The average Bonchev–Trinajstić information content (AvgIpc) is 2.95. The zero-order chi connectivity index (χ0) is 20.4. The first kappa shape index (κ1) is 19.2. The van der Waals surface area contributed by atoms with Crippen LogP contribution in [0.25, 0.3) is 11.1 Å². The Morgan fingerprint density at radius 3 is 2.43 bits per heavy atom. The Balaban J connectivity index is 1.85. The highest BCUT2D eigenvalue weighted by Crippen LogP contribution is 2.29. The smallest absolute Gasteiger partial charge is 0.342 e. The zero-order valence-corrected chi connectivity index (χ0v) is 14.9. The minimum atomic E-state index is -0.969. The van der Waals surface area contributed by atoms with Crippen LogP contribution >= 0.6 is 0 Å². The largest absolute Gasteiger partial charge is 0.462 e. The molecule has 0 aliphatic rings. The standard InChI is InChI=1S/C18H15F2N3O5/c1-3-26-18(25)13-8(2)28-16-14(13)15(21)22-12(23-16)7-27-17(24)9-4-10(19)6-11(20)5-9/h4-6H,3,7H2,1-2H3,(H2,21,22,23). The van der Waals surface area contributed by atoms with E-state index in [9.17, 15) is 18.4 Å². The van der Waals surface area contributed by atoms with Gasteiger partial charge in [-0.1, -0.05) is 0 Å². The molecule has 8 nitrogen and oxygen atoms in total. The van der Waals surface area contributed by atoms with Crippen LogP contribution in [0, 0.1) is 18.6 Å². The third kappa shape index (κ3) is 3.75. The minimum absolute atomic E-state index is 0.0145. The van der Waals surface area contributed by atoms with Crippen LogP contribution in [-0.2, 0) is 16.1 Å². The molecular weight excluding hydrogens is 376 g/mol. The molecule has 2 N–H and O–H groups in total. The van der Waals surface area contributed by atoms with E-state index >= 15 is 0 Å². The maximum atomic E-state index is 13.2. The lowest BCUT2D eigenvalue weighted by Gasteiger charge is -2.06. The van der Waals surface area contributed by atoms with E-state index in [1.54, 1.807) is 13.8 Å². The van der Waals surface area contributed by atoms with Crippen molar-refractivity contribution < 1.29 is 32.3 Å². The number of nitrogens with zero attached hydrogens (tertiary/aromatic N) is 2. The van der Waals surface area contributed by atoms with Gasteiger partial charge < -0.3 is 19.6 Å². The van der Waals surface area contributed by atoms with E-state index < -0.39 is 30.2 Å². The number of benzene rings is 1. The van der Waals surface area contributed by atoms with E-state index in [-0.39, 0.29) is 46.2 Å². The van der Waals surface area contributed by atoms with Crippen LogP contribution in [0.2, 0.25) is 0 Å². The summed E-state index contributed by atoms with van der Waals surface area (Å²) in [6.45, 7) is 2.95. The number of anilines is 1. The molecule has 3 rings (SSSR count). The van der Waals surface area contributed by atoms with E-state index in [1.807, 2.05) is 0 Å². The summed E-state index contributed by atoms with van der Waals surface area (Å²) in [6.07, 6.45) is 0. The molecule has 2 aromatic heterocycles. The molecule has 0 bridgehead atoms. The highest BCUT2D eigenvalue weighted by molar-refractivity contribution is 6.07. The van der Waals surface area contributed by atoms with Crippen molar-refractivity contribution in [3.05, 3.63) is 52.5 Å².